The Morgan fingerprint density at radius 3 is 2.71 bits per heavy atom. The van der Waals surface area contributed by atoms with Gasteiger partial charge in [-0.1, -0.05) is 0 Å². The number of hydrogen-bond acceptors (Lipinski definition) is 4. The molecule has 17 heavy (non-hydrogen) atoms. The molecule has 1 rings (SSSR count). The molecule has 0 saturated carbocycles. The normalized spacial score (nSPS) is 26.9. The Morgan fingerprint density at radius 2 is 2.12 bits per heavy atom. The first-order valence-corrected chi connectivity index (χ1v) is 6.63. The molecule has 0 aliphatic carbocycles. The van der Waals surface area contributed by atoms with Crippen molar-refractivity contribution in [1.29, 1.82) is 0 Å². The number of hydrogen-bond donors (Lipinski definition) is 1. The second-order valence-corrected chi connectivity index (χ2v) is 5.26. The molecule has 0 aromatic rings. The summed E-state index contributed by atoms with van der Waals surface area (Å²) in [5.74, 6) is -0.0796. The summed E-state index contributed by atoms with van der Waals surface area (Å²) < 4.78 is 5.26. The Hall–Kier alpha value is -0.610. The minimum absolute atomic E-state index is 0.0796. The highest BCUT2D eigenvalue weighted by Gasteiger charge is 2.40. The predicted molar refractivity (Wildman–Crippen MR) is 69.0 cm³/mol. The fourth-order valence-corrected chi connectivity index (χ4v) is 2.50. The maximum atomic E-state index is 12.2. The van der Waals surface area contributed by atoms with Crippen LogP contribution in [0.4, 0.5) is 0 Å². The summed E-state index contributed by atoms with van der Waals surface area (Å²) in [5, 5.41) is 3.44. The Bertz CT molecular complexity index is 256. The average molecular weight is 242 g/mol. The van der Waals surface area contributed by atoms with Crippen molar-refractivity contribution < 1.29 is 9.53 Å². The van der Waals surface area contributed by atoms with Crippen molar-refractivity contribution in [2.75, 3.05) is 26.7 Å². The summed E-state index contributed by atoms with van der Waals surface area (Å²) in [4.78, 5) is 14.5. The highest BCUT2D eigenvalue weighted by Crippen LogP contribution is 2.24. The summed E-state index contributed by atoms with van der Waals surface area (Å²) in [6.07, 6.45) is 2.74. The van der Waals surface area contributed by atoms with Gasteiger partial charge >= 0.3 is 5.97 Å². The van der Waals surface area contributed by atoms with Gasteiger partial charge in [0.25, 0.3) is 0 Å². The van der Waals surface area contributed by atoms with Crippen LogP contribution in [0.1, 0.15) is 40.0 Å². The number of ether oxygens (including phenoxy) is 1. The maximum absolute atomic E-state index is 12.2. The largest absolute Gasteiger partial charge is 0.465 e. The molecule has 1 atom stereocenters. The number of esters is 1. The van der Waals surface area contributed by atoms with Crippen LogP contribution in [0.25, 0.3) is 0 Å². The monoisotopic (exact) mass is 242 g/mol. The van der Waals surface area contributed by atoms with Crippen LogP contribution in [0.5, 0.6) is 0 Å². The zero-order chi connectivity index (χ0) is 12.9. The Kier molecular flexibility index (Phi) is 5.40. The molecule has 1 fully saturated rings. The van der Waals surface area contributed by atoms with E-state index in [1.807, 2.05) is 6.92 Å². The van der Waals surface area contributed by atoms with E-state index in [1.54, 1.807) is 0 Å². The summed E-state index contributed by atoms with van der Waals surface area (Å²) in [6, 6.07) is 0.294. The van der Waals surface area contributed by atoms with Crippen molar-refractivity contribution >= 4 is 5.97 Å². The van der Waals surface area contributed by atoms with E-state index in [-0.39, 0.29) is 5.97 Å². The second-order valence-electron chi connectivity index (χ2n) is 5.26. The summed E-state index contributed by atoms with van der Waals surface area (Å²) in [7, 11) is 2.11. The fraction of sp³-hybridized carbons (Fsp3) is 0.923. The van der Waals surface area contributed by atoms with E-state index in [0.717, 1.165) is 32.4 Å². The van der Waals surface area contributed by atoms with E-state index in [4.69, 9.17) is 4.74 Å². The lowest BCUT2D eigenvalue weighted by atomic mass is 9.89. The van der Waals surface area contributed by atoms with Crippen molar-refractivity contribution in [3.05, 3.63) is 0 Å². The van der Waals surface area contributed by atoms with E-state index in [2.05, 4.69) is 31.1 Å². The third-order valence-electron chi connectivity index (χ3n) is 3.29. The van der Waals surface area contributed by atoms with Gasteiger partial charge in [0.1, 0.15) is 5.54 Å². The first kappa shape index (κ1) is 14.5. The van der Waals surface area contributed by atoms with Crippen LogP contribution < -0.4 is 5.32 Å². The molecule has 1 saturated heterocycles. The Labute approximate surface area is 105 Å². The zero-order valence-corrected chi connectivity index (χ0v) is 11.6. The smallest absolute Gasteiger partial charge is 0.326 e. The number of nitrogens with zero attached hydrogens (tertiary/aromatic N) is 1. The van der Waals surface area contributed by atoms with E-state index in [9.17, 15) is 4.79 Å². The molecule has 1 heterocycles. The van der Waals surface area contributed by atoms with Gasteiger partial charge in [0.15, 0.2) is 0 Å². The quantitative estimate of drug-likeness (QED) is 0.757. The van der Waals surface area contributed by atoms with Gasteiger partial charge in [-0.05, 0) is 53.6 Å². The lowest BCUT2D eigenvalue weighted by molar-refractivity contribution is -0.152. The van der Waals surface area contributed by atoms with E-state index in [0.29, 0.717) is 12.6 Å². The van der Waals surface area contributed by atoms with Crippen LogP contribution in [0.2, 0.25) is 0 Å². The van der Waals surface area contributed by atoms with Gasteiger partial charge in [0.2, 0.25) is 0 Å². The van der Waals surface area contributed by atoms with Gasteiger partial charge in [-0.2, -0.15) is 0 Å². The molecule has 0 aromatic carbocycles. The van der Waals surface area contributed by atoms with Gasteiger partial charge in [0, 0.05) is 12.6 Å². The fourth-order valence-electron chi connectivity index (χ4n) is 2.50. The molecule has 0 aromatic heterocycles. The van der Waals surface area contributed by atoms with Crippen LogP contribution in [0.15, 0.2) is 0 Å². The van der Waals surface area contributed by atoms with Crippen LogP contribution in [-0.2, 0) is 9.53 Å². The number of carbonyl (C=O) groups is 1. The molecule has 4 heteroatoms. The molecule has 1 N–H and O–H groups in total. The zero-order valence-electron chi connectivity index (χ0n) is 11.6. The number of carbonyl (C=O) groups excluding carboxylic acids is 1. The van der Waals surface area contributed by atoms with Crippen LogP contribution in [0.3, 0.4) is 0 Å². The van der Waals surface area contributed by atoms with Crippen molar-refractivity contribution in [3.8, 4) is 0 Å². The molecule has 4 nitrogen and oxygen atoms in total. The number of nitrogens with one attached hydrogen (secondary N) is 1. The topological polar surface area (TPSA) is 41.6 Å². The van der Waals surface area contributed by atoms with Gasteiger partial charge in [-0.15, -0.1) is 0 Å². The van der Waals surface area contributed by atoms with Crippen molar-refractivity contribution in [2.45, 2.75) is 51.6 Å². The minimum Gasteiger partial charge on any atom is -0.465 e. The lowest BCUT2D eigenvalue weighted by Crippen LogP contribution is -2.55. The molecular formula is C13H26N2O2. The standard InChI is InChI=1S/C13H26N2O2/c1-5-17-12(16)13(14-11(2)3)7-6-9-15(4)10-8-13/h11,14H,5-10H2,1-4H3. The summed E-state index contributed by atoms with van der Waals surface area (Å²) in [5.41, 5.74) is -0.477. The van der Waals surface area contributed by atoms with Crippen molar-refractivity contribution in [1.82, 2.24) is 10.2 Å². The number of rotatable bonds is 4. The number of likely N-dealkylation sites (tertiary alicyclic amines) is 1. The molecular weight excluding hydrogens is 216 g/mol. The molecule has 1 aliphatic heterocycles. The lowest BCUT2D eigenvalue weighted by Gasteiger charge is -2.33. The molecule has 0 spiro atoms. The van der Waals surface area contributed by atoms with Gasteiger partial charge in [-0.25, -0.2) is 0 Å². The molecule has 0 amide bonds. The Morgan fingerprint density at radius 1 is 1.41 bits per heavy atom. The van der Waals surface area contributed by atoms with Gasteiger partial charge in [0.05, 0.1) is 6.61 Å². The minimum atomic E-state index is -0.477. The average Bonchev–Trinajstić information content (AvgIpc) is 2.42. The molecule has 1 aliphatic rings. The van der Waals surface area contributed by atoms with Crippen LogP contribution >= 0.6 is 0 Å². The first-order valence-electron chi connectivity index (χ1n) is 6.63. The predicted octanol–water partition coefficient (Wildman–Crippen LogP) is 1.40. The Balaban J connectivity index is 2.80. The van der Waals surface area contributed by atoms with Crippen LogP contribution in [0, 0.1) is 0 Å². The second kappa shape index (κ2) is 6.36. The van der Waals surface area contributed by atoms with E-state index in [1.165, 1.54) is 0 Å². The third-order valence-corrected chi connectivity index (χ3v) is 3.29. The highest BCUT2D eigenvalue weighted by atomic mass is 16.5. The molecule has 100 valence electrons. The molecule has 0 radical (unpaired) electrons. The molecule has 0 bridgehead atoms. The molecule has 1 unspecified atom stereocenters. The highest BCUT2D eigenvalue weighted by molar-refractivity contribution is 5.81. The maximum Gasteiger partial charge on any atom is 0.326 e. The van der Waals surface area contributed by atoms with Gasteiger partial charge < -0.3 is 9.64 Å². The third kappa shape index (κ3) is 3.96. The van der Waals surface area contributed by atoms with E-state index < -0.39 is 5.54 Å². The SMILES string of the molecule is CCOC(=O)C1(NC(C)C)CCCN(C)CC1. The van der Waals surface area contributed by atoms with Crippen LogP contribution in [-0.4, -0.2) is 49.2 Å². The summed E-state index contributed by atoms with van der Waals surface area (Å²) in [6.45, 7) is 8.48. The van der Waals surface area contributed by atoms with E-state index >= 15 is 0 Å². The van der Waals surface area contributed by atoms with Gasteiger partial charge in [-0.3, -0.25) is 10.1 Å². The summed E-state index contributed by atoms with van der Waals surface area (Å²) >= 11 is 0. The van der Waals surface area contributed by atoms with Crippen molar-refractivity contribution in [2.24, 2.45) is 0 Å². The van der Waals surface area contributed by atoms with Crippen molar-refractivity contribution in [3.63, 3.8) is 0 Å². The first-order chi connectivity index (χ1) is 8.00.